The van der Waals surface area contributed by atoms with E-state index in [-0.39, 0.29) is 43.0 Å². The number of hydrogen-bond donors (Lipinski definition) is 3. The van der Waals surface area contributed by atoms with E-state index in [1.165, 1.54) is 5.56 Å². The van der Waals surface area contributed by atoms with Crippen LogP contribution in [0.2, 0.25) is 0 Å². The van der Waals surface area contributed by atoms with Crippen molar-refractivity contribution >= 4 is 23.3 Å². The van der Waals surface area contributed by atoms with Crippen molar-refractivity contribution in [1.29, 1.82) is 0 Å². The smallest absolute Gasteiger partial charge is 0.263 e. The van der Waals surface area contributed by atoms with Gasteiger partial charge in [-0.25, -0.2) is 13.8 Å². The van der Waals surface area contributed by atoms with Crippen LogP contribution in [0.1, 0.15) is 60.6 Å². The number of piperidine rings is 2. The topological polar surface area (TPSA) is 133 Å². The molecule has 2 amide bonds. The lowest BCUT2D eigenvalue weighted by atomic mass is 9.86. The summed E-state index contributed by atoms with van der Waals surface area (Å²) in [6.45, 7) is 2.86. The molecule has 3 fully saturated rings. The molecule has 0 spiro atoms. The summed E-state index contributed by atoms with van der Waals surface area (Å²) in [6, 6.07) is 20.5. The highest BCUT2D eigenvalue weighted by Gasteiger charge is 2.56. The van der Waals surface area contributed by atoms with Gasteiger partial charge in [0.05, 0.1) is 23.8 Å². The van der Waals surface area contributed by atoms with E-state index >= 15 is 0 Å². The van der Waals surface area contributed by atoms with Crippen LogP contribution in [0.15, 0.2) is 72.9 Å². The molecule has 4 aliphatic rings. The number of aromatic hydroxyl groups is 1. The average molecular weight is 696 g/mol. The maximum atomic E-state index is 14.8. The lowest BCUT2D eigenvalue weighted by Gasteiger charge is -2.43. The third-order valence-corrected chi connectivity index (χ3v) is 10.8. The molecule has 1 unspecified atom stereocenters. The number of halogens is 2. The fraction of sp³-hybridized carbons (Fsp3) is 0.395. The summed E-state index contributed by atoms with van der Waals surface area (Å²) in [4.78, 5) is 32.4. The molecule has 11 nitrogen and oxygen atoms in total. The summed E-state index contributed by atoms with van der Waals surface area (Å²) in [5, 5.41) is 24.3. The summed E-state index contributed by atoms with van der Waals surface area (Å²) < 4.78 is 35.8. The number of para-hydroxylation sites is 1. The van der Waals surface area contributed by atoms with Crippen LogP contribution in [0.5, 0.6) is 11.6 Å². The summed E-state index contributed by atoms with van der Waals surface area (Å²) in [5.74, 6) is 0.606. The predicted octanol–water partition coefficient (Wildman–Crippen LogP) is 5.23. The monoisotopic (exact) mass is 695 g/mol. The minimum Gasteiger partial charge on any atom is -0.507 e. The van der Waals surface area contributed by atoms with Crippen LogP contribution in [0.25, 0.3) is 11.3 Å². The number of ether oxygens (including phenoxy) is 1. The number of alkyl halides is 2. The highest BCUT2D eigenvalue weighted by molar-refractivity contribution is 6.00. The number of phenolic OH excluding ortho intramolecular Hbond substituents is 1. The Hall–Kier alpha value is -5.17. The molecule has 4 aliphatic heterocycles. The van der Waals surface area contributed by atoms with Gasteiger partial charge in [-0.05, 0) is 73.2 Å². The Morgan fingerprint density at radius 2 is 1.76 bits per heavy atom. The Morgan fingerprint density at radius 3 is 2.49 bits per heavy atom. The van der Waals surface area contributed by atoms with Gasteiger partial charge < -0.3 is 20.1 Å². The number of nitrogens with zero attached hydrogens (tertiary/aromatic N) is 5. The lowest BCUT2D eigenvalue weighted by Crippen LogP contribution is -2.57. The third-order valence-electron chi connectivity index (χ3n) is 10.8. The molecular weight excluding hydrogens is 656 g/mol. The van der Waals surface area contributed by atoms with Crippen LogP contribution < -0.4 is 20.3 Å². The van der Waals surface area contributed by atoms with Gasteiger partial charge in [-0.1, -0.05) is 42.5 Å². The number of anilines is 2. The predicted molar refractivity (Wildman–Crippen MR) is 186 cm³/mol. The van der Waals surface area contributed by atoms with Crippen molar-refractivity contribution in [2.75, 3.05) is 36.4 Å². The van der Waals surface area contributed by atoms with E-state index in [0.29, 0.717) is 47.4 Å². The first kappa shape index (κ1) is 33.0. The van der Waals surface area contributed by atoms with Crippen molar-refractivity contribution in [1.82, 2.24) is 25.4 Å². The Morgan fingerprint density at radius 1 is 0.980 bits per heavy atom. The zero-order valence-corrected chi connectivity index (χ0v) is 28.0. The average Bonchev–Trinajstić information content (AvgIpc) is 3.53. The highest BCUT2D eigenvalue weighted by Crippen LogP contribution is 2.46. The van der Waals surface area contributed by atoms with Crippen LogP contribution in [-0.4, -0.2) is 81.2 Å². The number of nitrogens with one attached hydrogen (secondary N) is 2. The largest absolute Gasteiger partial charge is 0.507 e. The van der Waals surface area contributed by atoms with Gasteiger partial charge in [-0.15, -0.1) is 10.2 Å². The van der Waals surface area contributed by atoms with Crippen molar-refractivity contribution in [3.63, 3.8) is 0 Å². The van der Waals surface area contributed by atoms with Gasteiger partial charge in [0.1, 0.15) is 17.4 Å². The molecule has 3 atom stereocenters. The van der Waals surface area contributed by atoms with Crippen molar-refractivity contribution in [3.8, 4) is 22.9 Å². The first-order valence-corrected chi connectivity index (χ1v) is 17.5. The second kappa shape index (κ2) is 13.5. The Labute approximate surface area is 294 Å². The molecule has 13 heteroatoms. The van der Waals surface area contributed by atoms with E-state index in [2.05, 4.69) is 42.8 Å². The number of amides is 2. The van der Waals surface area contributed by atoms with Crippen molar-refractivity contribution in [2.24, 2.45) is 0 Å². The Balaban J connectivity index is 0.872. The van der Waals surface area contributed by atoms with E-state index in [1.807, 2.05) is 24.3 Å². The number of aromatic nitrogens is 3. The molecule has 2 aromatic carbocycles. The highest BCUT2D eigenvalue weighted by atomic mass is 19.3. The minimum atomic E-state index is -2.65. The summed E-state index contributed by atoms with van der Waals surface area (Å²) in [6.07, 6.45) is 1.69. The molecule has 0 radical (unpaired) electrons. The van der Waals surface area contributed by atoms with Gasteiger partial charge in [0.2, 0.25) is 17.7 Å². The number of fused-ring (bicyclic) bond motifs is 3. The standard InChI is InChI=1S/C38H39F2N7O4/c39-37(40)38-18-27(21-47(38)31-17-30(44-45-35(31)42-22-38)29-3-1-2-4-32(29)48)51-34-12-5-23(19-41-34)20-46-15-13-25(14-16-46)24-6-8-26(9-7-24)28-10-11-33(49)43-36(28)50/h1-9,12,17,19,25,27-28,37,48H,10-11,13-16,18,20-22H2,(H,42,45)(H,43,49,50)/t27-,28?,38-/m1/s1. The normalized spacial score (nSPS) is 23.8. The van der Waals surface area contributed by atoms with E-state index in [4.69, 9.17) is 4.74 Å². The van der Waals surface area contributed by atoms with Crippen LogP contribution in [0.3, 0.4) is 0 Å². The molecule has 3 N–H and O–H groups in total. The van der Waals surface area contributed by atoms with Crippen molar-refractivity contribution in [3.05, 3.63) is 89.6 Å². The van der Waals surface area contributed by atoms with Crippen LogP contribution in [0, 0.1) is 0 Å². The number of hydrogen-bond acceptors (Lipinski definition) is 10. The number of benzene rings is 2. The number of likely N-dealkylation sites (tertiary alicyclic amines) is 1. The summed E-state index contributed by atoms with van der Waals surface area (Å²) >= 11 is 0. The molecular formula is C38H39F2N7O4. The number of carbonyl (C=O) groups excluding carboxylic acids is 2. The van der Waals surface area contributed by atoms with E-state index in [0.717, 1.165) is 43.6 Å². The van der Waals surface area contributed by atoms with Gasteiger partial charge in [0.15, 0.2) is 5.82 Å². The Kier molecular flexibility index (Phi) is 8.74. The molecule has 264 valence electrons. The molecule has 4 aromatic rings. The second-order valence-corrected chi connectivity index (χ2v) is 14.0. The van der Waals surface area contributed by atoms with E-state index in [1.54, 1.807) is 41.4 Å². The number of carbonyl (C=O) groups is 2. The van der Waals surface area contributed by atoms with Crippen LogP contribution in [0.4, 0.5) is 20.3 Å². The quantitative estimate of drug-likeness (QED) is 0.211. The number of rotatable bonds is 8. The zero-order valence-electron chi connectivity index (χ0n) is 28.0. The van der Waals surface area contributed by atoms with E-state index < -0.39 is 18.1 Å². The first-order valence-electron chi connectivity index (χ1n) is 17.5. The molecule has 0 aliphatic carbocycles. The molecule has 8 rings (SSSR count). The molecule has 6 heterocycles. The fourth-order valence-corrected chi connectivity index (χ4v) is 8.03. The zero-order chi connectivity index (χ0) is 35.1. The van der Waals surface area contributed by atoms with Crippen LogP contribution >= 0.6 is 0 Å². The molecule has 3 saturated heterocycles. The molecule has 0 bridgehead atoms. The summed E-state index contributed by atoms with van der Waals surface area (Å²) in [5.41, 5.74) is 3.15. The lowest BCUT2D eigenvalue weighted by molar-refractivity contribution is -0.134. The minimum absolute atomic E-state index is 0.00112. The number of imide groups is 1. The fourth-order valence-electron chi connectivity index (χ4n) is 8.03. The van der Waals surface area contributed by atoms with E-state index in [9.17, 15) is 23.5 Å². The second-order valence-electron chi connectivity index (χ2n) is 14.0. The Bertz CT molecular complexity index is 1920. The summed E-state index contributed by atoms with van der Waals surface area (Å²) in [7, 11) is 0. The number of phenols is 1. The van der Waals surface area contributed by atoms with Crippen LogP contribution in [-0.2, 0) is 16.1 Å². The van der Waals surface area contributed by atoms with Gasteiger partial charge in [-0.3, -0.25) is 19.8 Å². The van der Waals surface area contributed by atoms with Gasteiger partial charge >= 0.3 is 0 Å². The van der Waals surface area contributed by atoms with Crippen molar-refractivity contribution in [2.45, 2.75) is 68.6 Å². The van der Waals surface area contributed by atoms with Gasteiger partial charge in [0.25, 0.3) is 6.43 Å². The molecule has 51 heavy (non-hydrogen) atoms. The molecule has 0 saturated carbocycles. The third kappa shape index (κ3) is 6.46. The van der Waals surface area contributed by atoms with Gasteiger partial charge in [-0.2, -0.15) is 0 Å². The maximum Gasteiger partial charge on any atom is 0.263 e. The maximum absolute atomic E-state index is 14.8. The first-order chi connectivity index (χ1) is 24.8. The molecule has 2 aromatic heterocycles. The van der Waals surface area contributed by atoms with Gasteiger partial charge in [0, 0.05) is 43.8 Å². The number of pyridine rings is 1. The SMILES string of the molecule is O=C1CCC(c2ccc(C3CCN(Cc4ccc(O[C@H]5CN6c7cc(-c8ccccc8O)nnc7NC[C@@]6(C(F)F)C5)nc4)CC3)cc2)C(=O)N1. The van der Waals surface area contributed by atoms with Crippen molar-refractivity contribution < 1.29 is 28.2 Å².